The third-order valence-corrected chi connectivity index (χ3v) is 5.16. The zero-order valence-electron chi connectivity index (χ0n) is 17.4. The quantitative estimate of drug-likeness (QED) is 0.214. The molecule has 0 atom stereocenters. The third kappa shape index (κ3) is 21.2. The first-order chi connectivity index (χ1) is 12.7. The first kappa shape index (κ1) is 25.1. The maximum absolute atomic E-state index is 11.7. The minimum Gasteiger partial charge on any atom is -0.481 e. The van der Waals surface area contributed by atoms with Gasteiger partial charge in [0.25, 0.3) is 0 Å². The summed E-state index contributed by atoms with van der Waals surface area (Å²) in [5.41, 5.74) is 0. The van der Waals surface area contributed by atoms with E-state index in [9.17, 15) is 9.59 Å². The van der Waals surface area contributed by atoms with Crippen LogP contribution in [0.3, 0.4) is 0 Å². The molecule has 0 bridgehead atoms. The number of rotatable bonds is 21. The first-order valence-corrected chi connectivity index (χ1v) is 11.4. The van der Waals surface area contributed by atoms with Crippen LogP contribution in [-0.2, 0) is 9.59 Å². The smallest absolute Gasteiger partial charge is 0.303 e. The number of Topliss-reactive ketones (excluding diaryl/α,β-unsaturated/α-hetero) is 1. The second kappa shape index (κ2) is 20.5. The Morgan fingerprint density at radius 3 is 1.19 bits per heavy atom. The number of hydrogen-bond donors (Lipinski definition) is 1. The Morgan fingerprint density at radius 2 is 0.808 bits per heavy atom. The maximum atomic E-state index is 11.7. The number of carboxylic acid groups (broad SMARTS) is 1. The summed E-state index contributed by atoms with van der Waals surface area (Å²) in [5, 5.41) is 8.55. The van der Waals surface area contributed by atoms with Gasteiger partial charge in [-0.3, -0.25) is 9.59 Å². The molecule has 0 radical (unpaired) electrons. The Hall–Kier alpha value is -0.860. The highest BCUT2D eigenvalue weighted by Crippen LogP contribution is 2.14. The van der Waals surface area contributed by atoms with Crippen molar-refractivity contribution in [2.24, 2.45) is 0 Å². The Kier molecular flexibility index (Phi) is 19.8. The standard InChI is InChI=1S/C23H44O3/c1-2-3-4-5-6-7-8-9-10-11-12-13-14-16-19-22(24)20-17-15-18-21-23(25)26/h2-21H2,1H3,(H,25,26). The average molecular weight is 369 g/mol. The van der Waals surface area contributed by atoms with E-state index < -0.39 is 5.97 Å². The molecule has 0 saturated heterocycles. The van der Waals surface area contributed by atoms with E-state index in [1.54, 1.807) is 0 Å². The number of ketones is 1. The number of aliphatic carboxylic acids is 1. The van der Waals surface area contributed by atoms with Gasteiger partial charge in [-0.15, -0.1) is 0 Å². The molecule has 3 heteroatoms. The van der Waals surface area contributed by atoms with Crippen LogP contribution in [0.1, 0.15) is 135 Å². The SMILES string of the molecule is CCCCCCCCCCCCCCCCC(=O)CCCCCC(=O)O. The summed E-state index contributed by atoms with van der Waals surface area (Å²) in [6.07, 6.45) is 22.8. The molecule has 0 aliphatic rings. The van der Waals surface area contributed by atoms with Crippen molar-refractivity contribution >= 4 is 11.8 Å². The van der Waals surface area contributed by atoms with Gasteiger partial charge in [0.15, 0.2) is 0 Å². The van der Waals surface area contributed by atoms with Crippen LogP contribution in [-0.4, -0.2) is 16.9 Å². The molecular weight excluding hydrogens is 324 g/mol. The minimum absolute atomic E-state index is 0.229. The molecule has 3 nitrogen and oxygen atoms in total. The molecule has 0 unspecified atom stereocenters. The van der Waals surface area contributed by atoms with Crippen molar-refractivity contribution in [1.29, 1.82) is 0 Å². The summed E-state index contributed by atoms with van der Waals surface area (Å²) in [7, 11) is 0. The van der Waals surface area contributed by atoms with Crippen molar-refractivity contribution in [3.8, 4) is 0 Å². The van der Waals surface area contributed by atoms with E-state index in [0.717, 1.165) is 25.7 Å². The number of unbranched alkanes of at least 4 members (excludes halogenated alkanes) is 15. The molecule has 0 saturated carbocycles. The van der Waals surface area contributed by atoms with Gasteiger partial charge in [0, 0.05) is 19.3 Å². The molecule has 0 aromatic carbocycles. The molecule has 26 heavy (non-hydrogen) atoms. The van der Waals surface area contributed by atoms with Crippen LogP contribution in [0.2, 0.25) is 0 Å². The fourth-order valence-electron chi connectivity index (χ4n) is 3.42. The lowest BCUT2D eigenvalue weighted by Crippen LogP contribution is -1.98. The van der Waals surface area contributed by atoms with Gasteiger partial charge < -0.3 is 5.11 Å². The van der Waals surface area contributed by atoms with Crippen molar-refractivity contribution < 1.29 is 14.7 Å². The predicted octanol–water partition coefficient (Wildman–Crippen LogP) is 7.46. The molecule has 0 aromatic rings. The van der Waals surface area contributed by atoms with Crippen LogP contribution in [0.5, 0.6) is 0 Å². The molecule has 0 aliphatic carbocycles. The second-order valence-corrected chi connectivity index (χ2v) is 7.84. The zero-order valence-corrected chi connectivity index (χ0v) is 17.4. The predicted molar refractivity (Wildman–Crippen MR) is 111 cm³/mol. The Morgan fingerprint density at radius 1 is 0.500 bits per heavy atom. The number of carbonyl (C=O) groups is 2. The summed E-state index contributed by atoms with van der Waals surface area (Å²) in [6.45, 7) is 2.27. The van der Waals surface area contributed by atoms with Crippen molar-refractivity contribution in [3.63, 3.8) is 0 Å². The first-order valence-electron chi connectivity index (χ1n) is 11.4. The lowest BCUT2D eigenvalue weighted by Gasteiger charge is -2.03. The van der Waals surface area contributed by atoms with Gasteiger partial charge in [-0.25, -0.2) is 0 Å². The maximum Gasteiger partial charge on any atom is 0.303 e. The summed E-state index contributed by atoms with van der Waals surface area (Å²) >= 11 is 0. The normalized spacial score (nSPS) is 11.0. The lowest BCUT2D eigenvalue weighted by molar-refractivity contribution is -0.137. The number of hydrogen-bond acceptors (Lipinski definition) is 2. The molecule has 0 spiro atoms. The van der Waals surface area contributed by atoms with Crippen molar-refractivity contribution in [2.75, 3.05) is 0 Å². The van der Waals surface area contributed by atoms with Gasteiger partial charge in [-0.05, 0) is 19.3 Å². The fourth-order valence-corrected chi connectivity index (χ4v) is 3.42. The Bertz CT molecular complexity index is 325. The fraction of sp³-hybridized carbons (Fsp3) is 0.913. The van der Waals surface area contributed by atoms with Crippen LogP contribution >= 0.6 is 0 Å². The highest BCUT2D eigenvalue weighted by atomic mass is 16.4. The third-order valence-electron chi connectivity index (χ3n) is 5.16. The van der Waals surface area contributed by atoms with Gasteiger partial charge in [-0.1, -0.05) is 96.8 Å². The topological polar surface area (TPSA) is 54.4 Å². The summed E-state index contributed by atoms with van der Waals surface area (Å²) in [6, 6.07) is 0. The molecule has 1 N–H and O–H groups in total. The van der Waals surface area contributed by atoms with Gasteiger partial charge in [0.2, 0.25) is 0 Å². The van der Waals surface area contributed by atoms with Crippen LogP contribution in [0.15, 0.2) is 0 Å². The van der Waals surface area contributed by atoms with E-state index in [-0.39, 0.29) is 6.42 Å². The van der Waals surface area contributed by atoms with Crippen molar-refractivity contribution in [2.45, 2.75) is 135 Å². The van der Waals surface area contributed by atoms with E-state index in [0.29, 0.717) is 18.6 Å². The van der Waals surface area contributed by atoms with E-state index >= 15 is 0 Å². The van der Waals surface area contributed by atoms with E-state index in [4.69, 9.17) is 5.11 Å². The van der Waals surface area contributed by atoms with Crippen LogP contribution in [0.4, 0.5) is 0 Å². The molecule has 0 aromatic heterocycles. The molecule has 0 aliphatic heterocycles. The molecule has 0 amide bonds. The van der Waals surface area contributed by atoms with Crippen molar-refractivity contribution in [3.05, 3.63) is 0 Å². The molecule has 0 fully saturated rings. The van der Waals surface area contributed by atoms with Crippen LogP contribution < -0.4 is 0 Å². The molecular formula is C23H44O3. The van der Waals surface area contributed by atoms with Gasteiger partial charge in [0.1, 0.15) is 5.78 Å². The highest BCUT2D eigenvalue weighted by Gasteiger charge is 2.03. The molecule has 154 valence electrons. The second-order valence-electron chi connectivity index (χ2n) is 7.84. The van der Waals surface area contributed by atoms with E-state index in [1.807, 2.05) is 0 Å². The summed E-state index contributed by atoms with van der Waals surface area (Å²) in [5.74, 6) is -0.377. The minimum atomic E-state index is -0.737. The molecule has 0 rings (SSSR count). The van der Waals surface area contributed by atoms with Crippen LogP contribution in [0, 0.1) is 0 Å². The number of carboxylic acids is 1. The van der Waals surface area contributed by atoms with Gasteiger partial charge >= 0.3 is 5.97 Å². The molecule has 0 heterocycles. The highest BCUT2D eigenvalue weighted by molar-refractivity contribution is 5.78. The van der Waals surface area contributed by atoms with Crippen LogP contribution in [0.25, 0.3) is 0 Å². The van der Waals surface area contributed by atoms with Gasteiger partial charge in [-0.2, -0.15) is 0 Å². The van der Waals surface area contributed by atoms with Crippen molar-refractivity contribution in [1.82, 2.24) is 0 Å². The lowest BCUT2D eigenvalue weighted by atomic mass is 10.0. The van der Waals surface area contributed by atoms with E-state index in [2.05, 4.69) is 6.92 Å². The zero-order chi connectivity index (χ0) is 19.3. The Balaban J connectivity index is 3.14. The largest absolute Gasteiger partial charge is 0.481 e. The van der Waals surface area contributed by atoms with E-state index in [1.165, 1.54) is 83.5 Å². The number of carbonyl (C=O) groups excluding carboxylic acids is 1. The average Bonchev–Trinajstić information content (AvgIpc) is 2.61. The Labute approximate surface area is 162 Å². The summed E-state index contributed by atoms with van der Waals surface area (Å²) in [4.78, 5) is 22.1. The summed E-state index contributed by atoms with van der Waals surface area (Å²) < 4.78 is 0. The monoisotopic (exact) mass is 368 g/mol. The van der Waals surface area contributed by atoms with Gasteiger partial charge in [0.05, 0.1) is 0 Å².